The molecule has 1 unspecified atom stereocenters. The van der Waals surface area contributed by atoms with E-state index < -0.39 is 17.8 Å². The van der Waals surface area contributed by atoms with Crippen LogP contribution in [0.1, 0.15) is 24.1 Å². The Hall–Kier alpha value is -4.02. The number of benzene rings is 3. The fourth-order valence-corrected chi connectivity index (χ4v) is 5.99. The van der Waals surface area contributed by atoms with E-state index in [1.165, 1.54) is 35.1 Å². The molecule has 39 heavy (non-hydrogen) atoms. The molecule has 5 rings (SSSR count). The van der Waals surface area contributed by atoms with E-state index in [-0.39, 0.29) is 5.56 Å². The first-order valence-electron chi connectivity index (χ1n) is 11.9. The second-order valence-corrected chi connectivity index (χ2v) is 10.5. The number of nitrogens with one attached hydrogen (secondary N) is 1. The maximum absolute atomic E-state index is 13.9. The van der Waals surface area contributed by atoms with Gasteiger partial charge in [-0.15, -0.1) is 0 Å². The fourth-order valence-electron chi connectivity index (χ4n) is 4.43. The van der Waals surface area contributed by atoms with Gasteiger partial charge in [0.05, 0.1) is 40.5 Å². The minimum Gasteiger partial charge on any atom is -0.496 e. The average molecular weight is 608 g/mol. The van der Waals surface area contributed by atoms with E-state index in [9.17, 15) is 14.0 Å². The molecule has 1 aliphatic rings. The third-order valence-electron chi connectivity index (χ3n) is 6.27. The summed E-state index contributed by atoms with van der Waals surface area (Å²) in [6, 6.07) is 17.5. The van der Waals surface area contributed by atoms with Crippen molar-refractivity contribution in [1.82, 2.24) is 4.57 Å². The summed E-state index contributed by atoms with van der Waals surface area (Å²) in [5.41, 5.74) is 2.28. The van der Waals surface area contributed by atoms with Crippen LogP contribution in [0.25, 0.3) is 6.08 Å². The molecule has 198 valence electrons. The number of aromatic nitrogens is 1. The smallest absolute Gasteiger partial charge is 0.271 e. The molecule has 1 aromatic heterocycles. The van der Waals surface area contributed by atoms with Crippen molar-refractivity contribution < 1.29 is 18.7 Å². The molecule has 0 spiro atoms. The summed E-state index contributed by atoms with van der Waals surface area (Å²) < 4.78 is 27.3. The zero-order chi connectivity index (χ0) is 27.7. The summed E-state index contributed by atoms with van der Waals surface area (Å²) in [5.74, 6) is 0.299. The van der Waals surface area contributed by atoms with Gasteiger partial charge in [-0.3, -0.25) is 14.2 Å². The lowest BCUT2D eigenvalue weighted by atomic mass is 9.95. The zero-order valence-electron chi connectivity index (χ0n) is 21.2. The van der Waals surface area contributed by atoms with Crippen LogP contribution in [0.3, 0.4) is 0 Å². The zero-order valence-corrected chi connectivity index (χ0v) is 23.6. The largest absolute Gasteiger partial charge is 0.496 e. The third-order valence-corrected chi connectivity index (χ3v) is 7.88. The SMILES string of the molecule is COc1cc(OC)c(/C=c2\sc3n(c2=O)C(c2ccc(F)cc2)C(C(=O)Nc2ccccc2)=C(C)N=3)cc1Br. The van der Waals surface area contributed by atoms with Gasteiger partial charge in [0.2, 0.25) is 0 Å². The highest BCUT2D eigenvalue weighted by Gasteiger charge is 2.32. The minimum atomic E-state index is -0.808. The number of methoxy groups -OCH3 is 2. The first kappa shape index (κ1) is 26.6. The molecule has 1 N–H and O–H groups in total. The molecule has 2 heterocycles. The lowest BCUT2D eigenvalue weighted by molar-refractivity contribution is -0.113. The monoisotopic (exact) mass is 607 g/mol. The number of amides is 1. The number of rotatable bonds is 6. The van der Waals surface area contributed by atoms with Gasteiger partial charge in [0.25, 0.3) is 11.5 Å². The lowest BCUT2D eigenvalue weighted by Crippen LogP contribution is -2.40. The molecule has 1 aliphatic heterocycles. The number of nitrogens with zero attached hydrogens (tertiary/aromatic N) is 2. The van der Waals surface area contributed by atoms with Gasteiger partial charge in [-0.05, 0) is 64.8 Å². The highest BCUT2D eigenvalue weighted by atomic mass is 79.9. The number of para-hydroxylation sites is 1. The van der Waals surface area contributed by atoms with Crippen LogP contribution in [0, 0.1) is 5.82 Å². The van der Waals surface area contributed by atoms with Crippen molar-refractivity contribution in [3.8, 4) is 11.5 Å². The van der Waals surface area contributed by atoms with Gasteiger partial charge in [-0.25, -0.2) is 9.38 Å². The minimum absolute atomic E-state index is 0.300. The second-order valence-electron chi connectivity index (χ2n) is 8.68. The summed E-state index contributed by atoms with van der Waals surface area (Å²) in [5, 5.41) is 2.90. The third kappa shape index (κ3) is 5.17. The predicted molar refractivity (Wildman–Crippen MR) is 152 cm³/mol. The van der Waals surface area contributed by atoms with E-state index in [4.69, 9.17) is 9.47 Å². The average Bonchev–Trinajstić information content (AvgIpc) is 3.23. The number of halogens is 2. The number of ether oxygens (including phenoxy) is 2. The van der Waals surface area contributed by atoms with E-state index >= 15 is 0 Å². The second kappa shape index (κ2) is 11.0. The number of allylic oxidation sites excluding steroid dienone is 1. The van der Waals surface area contributed by atoms with Crippen LogP contribution in [0.5, 0.6) is 11.5 Å². The summed E-state index contributed by atoms with van der Waals surface area (Å²) in [6.45, 7) is 1.73. The Balaban J connectivity index is 1.69. The van der Waals surface area contributed by atoms with Crippen molar-refractivity contribution in [2.75, 3.05) is 19.5 Å². The molecule has 7 nitrogen and oxygen atoms in total. The Labute approximate surface area is 235 Å². The molecule has 1 atom stereocenters. The summed E-state index contributed by atoms with van der Waals surface area (Å²) in [7, 11) is 3.09. The van der Waals surface area contributed by atoms with E-state index in [2.05, 4.69) is 26.2 Å². The highest BCUT2D eigenvalue weighted by molar-refractivity contribution is 9.10. The number of anilines is 1. The van der Waals surface area contributed by atoms with Crippen LogP contribution >= 0.6 is 27.3 Å². The van der Waals surface area contributed by atoms with Crippen LogP contribution in [-0.2, 0) is 4.79 Å². The molecule has 3 aromatic carbocycles. The molecule has 0 fully saturated rings. The number of carbonyl (C=O) groups excluding carboxylic acids is 1. The molecule has 0 saturated carbocycles. The number of fused-ring (bicyclic) bond motifs is 1. The van der Waals surface area contributed by atoms with Crippen LogP contribution in [0.2, 0.25) is 0 Å². The van der Waals surface area contributed by atoms with Gasteiger partial charge in [0, 0.05) is 17.3 Å². The molecule has 4 aromatic rings. The van der Waals surface area contributed by atoms with Gasteiger partial charge >= 0.3 is 0 Å². The van der Waals surface area contributed by atoms with Gasteiger partial charge in [0.1, 0.15) is 17.3 Å². The molecule has 1 amide bonds. The summed E-state index contributed by atoms with van der Waals surface area (Å²) >= 11 is 4.68. The van der Waals surface area contributed by atoms with Crippen molar-refractivity contribution in [2.45, 2.75) is 13.0 Å². The fraction of sp³-hybridized carbons (Fsp3) is 0.138. The molecular formula is C29H23BrFN3O4S. The van der Waals surface area contributed by atoms with Crippen molar-refractivity contribution in [2.24, 2.45) is 4.99 Å². The van der Waals surface area contributed by atoms with E-state index in [0.29, 0.717) is 53.4 Å². The number of thiazole rings is 1. The van der Waals surface area contributed by atoms with Gasteiger partial charge < -0.3 is 14.8 Å². The topological polar surface area (TPSA) is 81.9 Å². The Morgan fingerprint density at radius 3 is 2.44 bits per heavy atom. The van der Waals surface area contributed by atoms with Gasteiger partial charge in [0.15, 0.2) is 4.80 Å². The van der Waals surface area contributed by atoms with Crippen molar-refractivity contribution in [3.05, 3.63) is 119 Å². The molecule has 0 radical (unpaired) electrons. The predicted octanol–water partition coefficient (Wildman–Crippen LogP) is 4.79. The molecule has 10 heteroatoms. The number of hydrogen-bond acceptors (Lipinski definition) is 6. The van der Waals surface area contributed by atoms with Crippen LogP contribution in [0.4, 0.5) is 10.1 Å². The number of hydrogen-bond donors (Lipinski definition) is 1. The molecule has 0 saturated heterocycles. The van der Waals surface area contributed by atoms with Crippen molar-refractivity contribution in [1.29, 1.82) is 0 Å². The van der Waals surface area contributed by atoms with Gasteiger partial charge in [-0.1, -0.05) is 41.7 Å². The van der Waals surface area contributed by atoms with E-state index in [1.807, 2.05) is 18.2 Å². The molecule has 0 bridgehead atoms. The standard InChI is InChI=1S/C29H23BrFN3O4S/c1-16-25(27(35)33-20-7-5-4-6-8-20)26(17-9-11-19(31)12-10-17)34-28(36)24(39-29(34)32-16)14-18-13-21(30)23(38-3)15-22(18)37-2/h4-15,26H,1-3H3,(H,33,35)/b24-14-. The Morgan fingerprint density at radius 2 is 1.77 bits per heavy atom. The van der Waals surface area contributed by atoms with Crippen molar-refractivity contribution in [3.63, 3.8) is 0 Å². The van der Waals surface area contributed by atoms with Gasteiger partial charge in [-0.2, -0.15) is 0 Å². The first-order valence-corrected chi connectivity index (χ1v) is 13.5. The number of carbonyl (C=O) groups is 1. The normalized spacial score (nSPS) is 15.0. The quantitative estimate of drug-likeness (QED) is 0.342. The van der Waals surface area contributed by atoms with Crippen molar-refractivity contribution >= 4 is 44.9 Å². The maximum atomic E-state index is 13.9. The van der Waals surface area contributed by atoms with E-state index in [0.717, 1.165) is 0 Å². The molecule has 0 aliphatic carbocycles. The van der Waals surface area contributed by atoms with Crippen LogP contribution in [0.15, 0.2) is 92.3 Å². The maximum Gasteiger partial charge on any atom is 0.271 e. The van der Waals surface area contributed by atoms with Crippen LogP contribution < -0.4 is 29.7 Å². The highest BCUT2D eigenvalue weighted by Crippen LogP contribution is 2.34. The lowest BCUT2D eigenvalue weighted by Gasteiger charge is -2.25. The molecular weight excluding hydrogens is 585 g/mol. The van der Waals surface area contributed by atoms with E-state index in [1.54, 1.807) is 56.5 Å². The van der Waals surface area contributed by atoms with Crippen LogP contribution in [-0.4, -0.2) is 24.7 Å². The summed E-state index contributed by atoms with van der Waals surface area (Å²) in [6.07, 6.45) is 1.72. The Morgan fingerprint density at radius 1 is 1.08 bits per heavy atom. The first-order chi connectivity index (χ1) is 18.8. The Bertz CT molecular complexity index is 1780. The summed E-state index contributed by atoms with van der Waals surface area (Å²) in [4.78, 5) is 32.5. The Kier molecular flexibility index (Phi) is 7.49.